The van der Waals surface area contributed by atoms with Crippen molar-refractivity contribution >= 4 is 29.1 Å². The summed E-state index contributed by atoms with van der Waals surface area (Å²) in [5.41, 5.74) is -0.0602. The van der Waals surface area contributed by atoms with E-state index in [9.17, 15) is 9.90 Å². The van der Waals surface area contributed by atoms with Gasteiger partial charge in [0.05, 0.1) is 21.7 Å². The van der Waals surface area contributed by atoms with Crippen LogP contribution in [0, 0.1) is 0 Å². The van der Waals surface area contributed by atoms with Gasteiger partial charge in [-0.1, -0.05) is 23.2 Å². The molecule has 1 aromatic rings. The summed E-state index contributed by atoms with van der Waals surface area (Å²) >= 11 is 11.7. The molecule has 98 valence electrons. The minimum Gasteiger partial charge on any atom is -0.391 e. The molecule has 1 N–H and O–H groups in total. The number of carbonyl (C=O) groups is 1. The zero-order valence-electron chi connectivity index (χ0n) is 10.3. The van der Waals surface area contributed by atoms with E-state index in [4.69, 9.17) is 23.2 Å². The molecule has 3 nitrogen and oxygen atoms in total. The number of nitrogens with zero attached hydrogens (tertiary/aromatic N) is 1. The quantitative estimate of drug-likeness (QED) is 0.863. The third kappa shape index (κ3) is 2.22. The van der Waals surface area contributed by atoms with Gasteiger partial charge in [0.25, 0.3) is 5.91 Å². The van der Waals surface area contributed by atoms with Gasteiger partial charge in [0, 0.05) is 12.1 Å². The lowest BCUT2D eigenvalue weighted by Crippen LogP contribution is -2.48. The first kappa shape index (κ1) is 13.7. The van der Waals surface area contributed by atoms with Gasteiger partial charge in [-0.3, -0.25) is 4.79 Å². The second kappa shape index (κ2) is 4.72. The molecule has 0 spiro atoms. The molecule has 0 saturated carbocycles. The van der Waals surface area contributed by atoms with Crippen LogP contribution in [0.1, 0.15) is 30.6 Å². The molecular formula is C13H15Cl2NO2. The van der Waals surface area contributed by atoms with Crippen molar-refractivity contribution in [2.45, 2.75) is 31.9 Å². The summed E-state index contributed by atoms with van der Waals surface area (Å²) in [6.45, 7) is 4.27. The molecule has 1 amide bonds. The van der Waals surface area contributed by atoms with Gasteiger partial charge in [-0.2, -0.15) is 0 Å². The zero-order valence-corrected chi connectivity index (χ0v) is 11.8. The number of aliphatic hydroxyl groups is 1. The van der Waals surface area contributed by atoms with Crippen LogP contribution in [0.5, 0.6) is 0 Å². The number of hydrogen-bond acceptors (Lipinski definition) is 2. The van der Waals surface area contributed by atoms with Crippen molar-refractivity contribution in [1.29, 1.82) is 0 Å². The lowest BCUT2D eigenvalue weighted by Gasteiger charge is -2.33. The highest BCUT2D eigenvalue weighted by Crippen LogP contribution is 2.31. The summed E-state index contributed by atoms with van der Waals surface area (Å²) in [6, 6.07) is 4.82. The van der Waals surface area contributed by atoms with Crippen LogP contribution in [-0.2, 0) is 0 Å². The molecule has 1 atom stereocenters. The smallest absolute Gasteiger partial charge is 0.254 e. The van der Waals surface area contributed by atoms with Crippen LogP contribution in [-0.4, -0.2) is 34.1 Å². The predicted octanol–water partition coefficient (Wildman–Crippen LogP) is 2.98. The largest absolute Gasteiger partial charge is 0.391 e. The highest BCUT2D eigenvalue weighted by atomic mass is 35.5. The van der Waals surface area contributed by atoms with Crippen molar-refractivity contribution in [2.75, 3.05) is 6.54 Å². The monoisotopic (exact) mass is 287 g/mol. The minimum absolute atomic E-state index is 0.130. The first-order chi connectivity index (χ1) is 8.34. The van der Waals surface area contributed by atoms with Crippen molar-refractivity contribution in [3.8, 4) is 0 Å². The summed E-state index contributed by atoms with van der Waals surface area (Å²) in [7, 11) is 0. The van der Waals surface area contributed by atoms with Crippen LogP contribution < -0.4 is 0 Å². The SMILES string of the molecule is CC1(C)C(O)CCN1C(=O)c1ccc(Cl)c(Cl)c1. The molecule has 5 heteroatoms. The van der Waals surface area contributed by atoms with E-state index in [0.29, 0.717) is 28.6 Å². The van der Waals surface area contributed by atoms with Crippen LogP contribution in [0.15, 0.2) is 18.2 Å². The Hall–Kier alpha value is -0.770. The van der Waals surface area contributed by atoms with Gasteiger partial charge in [0.1, 0.15) is 0 Å². The standard InChI is InChI=1S/C13H15Cl2NO2/c1-13(2)11(17)5-6-16(13)12(18)8-3-4-9(14)10(15)7-8/h3-4,7,11,17H,5-6H2,1-2H3. The van der Waals surface area contributed by atoms with Crippen LogP contribution >= 0.6 is 23.2 Å². The summed E-state index contributed by atoms with van der Waals surface area (Å²) in [5.74, 6) is -0.130. The number of rotatable bonds is 1. The Balaban J connectivity index is 2.29. The van der Waals surface area contributed by atoms with Crippen molar-refractivity contribution in [3.05, 3.63) is 33.8 Å². The highest BCUT2D eigenvalue weighted by Gasteiger charge is 2.43. The third-order valence-corrected chi connectivity index (χ3v) is 4.29. The van der Waals surface area contributed by atoms with Gasteiger partial charge < -0.3 is 10.0 Å². The van der Waals surface area contributed by atoms with Crippen molar-refractivity contribution < 1.29 is 9.90 Å². The highest BCUT2D eigenvalue weighted by molar-refractivity contribution is 6.42. The number of carbonyl (C=O) groups excluding carboxylic acids is 1. The lowest BCUT2D eigenvalue weighted by molar-refractivity contribution is 0.0394. The Kier molecular flexibility index (Phi) is 3.58. The molecule has 1 fully saturated rings. The van der Waals surface area contributed by atoms with Crippen molar-refractivity contribution in [2.24, 2.45) is 0 Å². The molecule has 0 bridgehead atoms. The van der Waals surface area contributed by atoms with Crippen LogP contribution in [0.25, 0.3) is 0 Å². The maximum atomic E-state index is 12.4. The molecule has 1 aromatic carbocycles. The average Bonchev–Trinajstić information content (AvgIpc) is 2.57. The van der Waals surface area contributed by atoms with E-state index >= 15 is 0 Å². The van der Waals surface area contributed by atoms with Crippen LogP contribution in [0.4, 0.5) is 0 Å². The molecule has 1 unspecified atom stereocenters. The first-order valence-electron chi connectivity index (χ1n) is 5.79. The second-order valence-corrected chi connectivity index (χ2v) is 5.86. The molecule has 1 aliphatic heterocycles. The topological polar surface area (TPSA) is 40.5 Å². The molecule has 2 rings (SSSR count). The average molecular weight is 288 g/mol. The summed E-state index contributed by atoms with van der Waals surface area (Å²) in [6.07, 6.45) is 0.101. The van der Waals surface area contributed by atoms with E-state index in [1.165, 1.54) is 0 Å². The normalized spacial score (nSPS) is 22.3. The number of amides is 1. The first-order valence-corrected chi connectivity index (χ1v) is 6.54. The predicted molar refractivity (Wildman–Crippen MR) is 72.2 cm³/mol. The van der Waals surface area contributed by atoms with E-state index in [0.717, 1.165) is 0 Å². The number of halogens is 2. The zero-order chi connectivity index (χ0) is 13.5. The molecule has 0 aliphatic carbocycles. The fourth-order valence-electron chi connectivity index (χ4n) is 2.22. The van der Waals surface area contributed by atoms with Gasteiger partial charge in [0.15, 0.2) is 0 Å². The molecule has 1 saturated heterocycles. The Morgan fingerprint density at radius 1 is 1.39 bits per heavy atom. The van der Waals surface area contributed by atoms with Gasteiger partial charge >= 0.3 is 0 Å². The number of benzene rings is 1. The maximum Gasteiger partial charge on any atom is 0.254 e. The van der Waals surface area contributed by atoms with E-state index in [2.05, 4.69) is 0 Å². The third-order valence-electron chi connectivity index (χ3n) is 3.55. The molecule has 18 heavy (non-hydrogen) atoms. The molecule has 1 aliphatic rings. The fraction of sp³-hybridized carbons (Fsp3) is 0.462. The maximum absolute atomic E-state index is 12.4. The van der Waals surface area contributed by atoms with Gasteiger partial charge in [-0.15, -0.1) is 0 Å². The van der Waals surface area contributed by atoms with Gasteiger partial charge in [-0.05, 0) is 38.5 Å². The Morgan fingerprint density at radius 3 is 2.56 bits per heavy atom. The molecule has 1 heterocycles. The summed E-state index contributed by atoms with van der Waals surface area (Å²) in [4.78, 5) is 14.1. The van der Waals surface area contributed by atoms with Gasteiger partial charge in [0.2, 0.25) is 0 Å². The summed E-state index contributed by atoms with van der Waals surface area (Å²) in [5, 5.41) is 10.7. The van der Waals surface area contributed by atoms with E-state index in [-0.39, 0.29) is 5.91 Å². The van der Waals surface area contributed by atoms with E-state index in [1.54, 1.807) is 23.1 Å². The number of aliphatic hydroxyl groups excluding tert-OH is 1. The van der Waals surface area contributed by atoms with Crippen LogP contribution in [0.2, 0.25) is 10.0 Å². The molecular weight excluding hydrogens is 273 g/mol. The van der Waals surface area contributed by atoms with E-state index < -0.39 is 11.6 Å². The summed E-state index contributed by atoms with van der Waals surface area (Å²) < 4.78 is 0. The van der Waals surface area contributed by atoms with Crippen molar-refractivity contribution in [1.82, 2.24) is 4.90 Å². The fourth-order valence-corrected chi connectivity index (χ4v) is 2.52. The van der Waals surface area contributed by atoms with E-state index in [1.807, 2.05) is 13.8 Å². The number of likely N-dealkylation sites (tertiary alicyclic amines) is 1. The second-order valence-electron chi connectivity index (χ2n) is 5.04. The lowest BCUT2D eigenvalue weighted by atomic mass is 9.98. The Bertz CT molecular complexity index is 488. The molecule has 0 radical (unpaired) electrons. The Labute approximate surface area is 116 Å². The minimum atomic E-state index is -0.552. The number of hydrogen-bond donors (Lipinski definition) is 1. The van der Waals surface area contributed by atoms with Crippen molar-refractivity contribution in [3.63, 3.8) is 0 Å². The van der Waals surface area contributed by atoms with Crippen LogP contribution in [0.3, 0.4) is 0 Å². The molecule has 0 aromatic heterocycles. The Morgan fingerprint density at radius 2 is 2.06 bits per heavy atom. The van der Waals surface area contributed by atoms with Gasteiger partial charge in [-0.25, -0.2) is 0 Å².